The highest BCUT2D eigenvalue weighted by Gasteiger charge is 2.09. The van der Waals surface area contributed by atoms with Crippen molar-refractivity contribution >= 4 is 16.6 Å². The third kappa shape index (κ3) is 4.24. The molecule has 1 atom stereocenters. The third-order valence-corrected chi connectivity index (χ3v) is 3.52. The molecular weight excluding hydrogens is 224 g/mol. The van der Waals surface area contributed by atoms with Gasteiger partial charge in [0, 0.05) is 28.7 Å². The van der Waals surface area contributed by atoms with Crippen LogP contribution in [0, 0.1) is 6.92 Å². The van der Waals surface area contributed by atoms with Gasteiger partial charge in [-0.3, -0.25) is 9.00 Å². The summed E-state index contributed by atoms with van der Waals surface area (Å²) in [6, 6.07) is 7.23. The van der Waals surface area contributed by atoms with E-state index in [0.29, 0.717) is 17.7 Å². The molecule has 0 aromatic heterocycles. The molecule has 0 aliphatic heterocycles. The maximum absolute atomic E-state index is 11.7. The molecule has 0 saturated carbocycles. The standard InChI is InChI=1S/C12H16O3S/c1-10-3-5-11(6-4-10)12(14)9-16(15)8-2-7-13/h3-6,13H,2,7-9H2,1H3. The zero-order chi connectivity index (χ0) is 12.0. The van der Waals surface area contributed by atoms with Gasteiger partial charge in [0.05, 0.1) is 5.75 Å². The molecule has 0 fully saturated rings. The van der Waals surface area contributed by atoms with Crippen molar-refractivity contribution < 1.29 is 14.1 Å². The number of hydrogen-bond acceptors (Lipinski definition) is 3. The maximum Gasteiger partial charge on any atom is 0.175 e. The lowest BCUT2D eigenvalue weighted by molar-refractivity contribution is 0.102. The van der Waals surface area contributed by atoms with E-state index in [9.17, 15) is 9.00 Å². The summed E-state index contributed by atoms with van der Waals surface area (Å²) >= 11 is 0. The van der Waals surface area contributed by atoms with Gasteiger partial charge in [-0.1, -0.05) is 29.8 Å². The Morgan fingerprint density at radius 2 is 1.94 bits per heavy atom. The Morgan fingerprint density at radius 1 is 1.31 bits per heavy atom. The molecule has 0 spiro atoms. The van der Waals surface area contributed by atoms with E-state index in [4.69, 9.17) is 5.11 Å². The Kier molecular flexibility index (Phi) is 5.35. The van der Waals surface area contributed by atoms with Crippen LogP contribution in [0.3, 0.4) is 0 Å². The van der Waals surface area contributed by atoms with Crippen LogP contribution in [0.15, 0.2) is 24.3 Å². The molecule has 0 bridgehead atoms. The number of aliphatic hydroxyl groups excluding tert-OH is 1. The molecule has 4 heteroatoms. The Labute approximate surface area is 98.0 Å². The second-order valence-corrected chi connectivity index (χ2v) is 5.23. The molecule has 0 saturated heterocycles. The lowest BCUT2D eigenvalue weighted by Gasteiger charge is -2.01. The van der Waals surface area contributed by atoms with Crippen LogP contribution in [0.1, 0.15) is 22.3 Å². The molecule has 1 unspecified atom stereocenters. The second kappa shape index (κ2) is 6.55. The molecule has 1 rings (SSSR count). The van der Waals surface area contributed by atoms with Crippen LogP contribution in [0.5, 0.6) is 0 Å². The fourth-order valence-corrected chi connectivity index (χ4v) is 2.32. The van der Waals surface area contributed by atoms with Crippen LogP contribution in [0.25, 0.3) is 0 Å². The number of benzene rings is 1. The number of hydrogen-bond donors (Lipinski definition) is 1. The van der Waals surface area contributed by atoms with Crippen LogP contribution in [-0.4, -0.2) is 33.2 Å². The highest BCUT2D eigenvalue weighted by atomic mass is 32.2. The fourth-order valence-electron chi connectivity index (χ4n) is 1.27. The molecule has 1 aromatic carbocycles. The molecule has 0 aliphatic rings. The first-order chi connectivity index (χ1) is 7.63. The number of aryl methyl sites for hydroxylation is 1. The topological polar surface area (TPSA) is 54.4 Å². The number of aliphatic hydroxyl groups is 1. The van der Waals surface area contributed by atoms with Crippen molar-refractivity contribution in [3.63, 3.8) is 0 Å². The molecule has 16 heavy (non-hydrogen) atoms. The van der Waals surface area contributed by atoms with E-state index in [1.807, 2.05) is 19.1 Å². The van der Waals surface area contributed by atoms with Crippen LogP contribution in [0.4, 0.5) is 0 Å². The Balaban J connectivity index is 2.52. The van der Waals surface area contributed by atoms with E-state index in [2.05, 4.69) is 0 Å². The van der Waals surface area contributed by atoms with E-state index >= 15 is 0 Å². The van der Waals surface area contributed by atoms with Gasteiger partial charge in [0.2, 0.25) is 0 Å². The lowest BCUT2D eigenvalue weighted by atomic mass is 10.1. The maximum atomic E-state index is 11.7. The van der Waals surface area contributed by atoms with Crippen LogP contribution in [0.2, 0.25) is 0 Å². The summed E-state index contributed by atoms with van der Waals surface area (Å²) in [5, 5.41) is 8.58. The summed E-state index contributed by atoms with van der Waals surface area (Å²) < 4.78 is 11.4. The minimum atomic E-state index is -1.17. The Bertz CT molecular complexity index is 370. The number of ketones is 1. The molecule has 1 N–H and O–H groups in total. The SMILES string of the molecule is Cc1ccc(C(=O)CS(=O)CCCO)cc1. The Hall–Kier alpha value is -1.00. The van der Waals surface area contributed by atoms with E-state index in [1.165, 1.54) is 0 Å². The summed E-state index contributed by atoms with van der Waals surface area (Å²) in [7, 11) is -1.17. The average molecular weight is 240 g/mol. The van der Waals surface area contributed by atoms with E-state index in [-0.39, 0.29) is 18.1 Å². The summed E-state index contributed by atoms with van der Waals surface area (Å²) in [4.78, 5) is 11.7. The summed E-state index contributed by atoms with van der Waals surface area (Å²) in [5.41, 5.74) is 1.70. The highest BCUT2D eigenvalue weighted by molar-refractivity contribution is 7.85. The van der Waals surface area contributed by atoms with Crippen molar-refractivity contribution in [1.82, 2.24) is 0 Å². The minimum Gasteiger partial charge on any atom is -0.396 e. The van der Waals surface area contributed by atoms with Crippen LogP contribution < -0.4 is 0 Å². The molecule has 88 valence electrons. The first kappa shape index (κ1) is 13.1. The molecule has 0 heterocycles. The summed E-state index contributed by atoms with van der Waals surface area (Å²) in [5.74, 6) is 0.327. The molecule has 0 aliphatic carbocycles. The summed E-state index contributed by atoms with van der Waals surface area (Å²) in [6.07, 6.45) is 0.480. The molecule has 0 radical (unpaired) electrons. The average Bonchev–Trinajstić information content (AvgIpc) is 2.27. The van der Waals surface area contributed by atoms with E-state index in [1.54, 1.807) is 12.1 Å². The fraction of sp³-hybridized carbons (Fsp3) is 0.417. The van der Waals surface area contributed by atoms with Crippen LogP contribution >= 0.6 is 0 Å². The van der Waals surface area contributed by atoms with Gasteiger partial charge in [-0.15, -0.1) is 0 Å². The van der Waals surface area contributed by atoms with Crippen molar-refractivity contribution in [3.05, 3.63) is 35.4 Å². The Morgan fingerprint density at radius 3 is 2.50 bits per heavy atom. The van der Waals surface area contributed by atoms with Gasteiger partial charge in [-0.25, -0.2) is 0 Å². The summed E-state index contributed by atoms with van der Waals surface area (Å²) in [6.45, 7) is 1.97. The van der Waals surface area contributed by atoms with Gasteiger partial charge in [-0.2, -0.15) is 0 Å². The quantitative estimate of drug-likeness (QED) is 0.763. The van der Waals surface area contributed by atoms with Gasteiger partial charge < -0.3 is 5.11 Å². The van der Waals surface area contributed by atoms with Crippen molar-refractivity contribution in [3.8, 4) is 0 Å². The minimum absolute atomic E-state index is 0.0183. The zero-order valence-electron chi connectivity index (χ0n) is 9.31. The van der Waals surface area contributed by atoms with E-state index in [0.717, 1.165) is 5.56 Å². The largest absolute Gasteiger partial charge is 0.396 e. The smallest absolute Gasteiger partial charge is 0.175 e. The number of carbonyl (C=O) groups is 1. The molecule has 3 nitrogen and oxygen atoms in total. The van der Waals surface area contributed by atoms with Gasteiger partial charge in [-0.05, 0) is 13.3 Å². The number of carbonyl (C=O) groups excluding carboxylic acids is 1. The molecule has 0 amide bonds. The second-order valence-electron chi connectivity index (χ2n) is 3.65. The lowest BCUT2D eigenvalue weighted by Crippen LogP contribution is -2.13. The molecule has 1 aromatic rings. The van der Waals surface area contributed by atoms with E-state index < -0.39 is 10.8 Å². The zero-order valence-corrected chi connectivity index (χ0v) is 10.1. The third-order valence-electron chi connectivity index (χ3n) is 2.20. The normalized spacial score (nSPS) is 12.4. The molecular formula is C12H16O3S. The monoisotopic (exact) mass is 240 g/mol. The highest BCUT2D eigenvalue weighted by Crippen LogP contribution is 2.05. The van der Waals surface area contributed by atoms with Gasteiger partial charge in [0.15, 0.2) is 5.78 Å². The van der Waals surface area contributed by atoms with Crippen molar-refractivity contribution in [2.24, 2.45) is 0 Å². The number of rotatable bonds is 6. The van der Waals surface area contributed by atoms with Crippen molar-refractivity contribution in [2.45, 2.75) is 13.3 Å². The van der Waals surface area contributed by atoms with Crippen molar-refractivity contribution in [2.75, 3.05) is 18.1 Å². The van der Waals surface area contributed by atoms with Gasteiger partial charge >= 0.3 is 0 Å². The predicted octanol–water partition coefficient (Wildman–Crippen LogP) is 1.31. The first-order valence-corrected chi connectivity index (χ1v) is 6.68. The first-order valence-electron chi connectivity index (χ1n) is 5.19. The van der Waals surface area contributed by atoms with Gasteiger partial charge in [0.25, 0.3) is 0 Å². The van der Waals surface area contributed by atoms with Crippen molar-refractivity contribution in [1.29, 1.82) is 0 Å². The van der Waals surface area contributed by atoms with Crippen LogP contribution in [-0.2, 0) is 10.8 Å². The van der Waals surface area contributed by atoms with Gasteiger partial charge in [0.1, 0.15) is 0 Å². The predicted molar refractivity (Wildman–Crippen MR) is 65.1 cm³/mol. The number of Topliss-reactive ketones (excluding diaryl/α,β-unsaturated/α-hetero) is 1.